The van der Waals surface area contributed by atoms with E-state index >= 15 is 0 Å². The quantitative estimate of drug-likeness (QED) is 0.162. The minimum Gasteiger partial charge on any atom is -0.393 e. The fourth-order valence-electron chi connectivity index (χ4n) is 3.50. The molecular weight excluding hydrogens is 300 g/mol. The van der Waals surface area contributed by atoms with Crippen molar-refractivity contribution < 1.29 is 15.3 Å². The lowest BCUT2D eigenvalue weighted by molar-refractivity contribution is -0.325. The summed E-state index contributed by atoms with van der Waals surface area (Å²) in [7, 11) is 0. The zero-order valence-corrected chi connectivity index (χ0v) is 16.7. The second-order valence-corrected chi connectivity index (χ2v) is 7.94. The minimum absolute atomic E-state index is 0.436. The molecule has 0 fully saturated rings. The van der Waals surface area contributed by atoms with Gasteiger partial charge in [0, 0.05) is 6.42 Å². The first-order valence-electron chi connectivity index (χ1n) is 10.5. The van der Waals surface area contributed by atoms with Gasteiger partial charge < -0.3 is 5.11 Å². The third-order valence-electron chi connectivity index (χ3n) is 5.01. The Bertz CT molecular complexity index is 255. The predicted octanol–water partition coefficient (Wildman–Crippen LogP) is 6.88. The van der Waals surface area contributed by atoms with Gasteiger partial charge in [0.2, 0.25) is 0 Å². The van der Waals surface area contributed by atoms with Crippen molar-refractivity contribution in [2.45, 2.75) is 135 Å². The van der Waals surface area contributed by atoms with Crippen LogP contribution >= 0.6 is 0 Å². The number of rotatable bonds is 18. The molecule has 3 heteroatoms. The largest absolute Gasteiger partial charge is 0.393 e. The lowest BCUT2D eigenvalue weighted by Gasteiger charge is -2.27. The van der Waals surface area contributed by atoms with Gasteiger partial charge in [0.15, 0.2) is 0 Å². The standard InChI is InChI=1S/C21H44O3/c1-4-5-6-7-8-9-10-11-12-13-14-15-16-17-18-21(3,24-23)19-20(2)22/h20,22-23H,4-19H2,1-3H3. The van der Waals surface area contributed by atoms with E-state index in [1.165, 1.54) is 83.5 Å². The highest BCUT2D eigenvalue weighted by molar-refractivity contribution is 4.76. The molecule has 0 aromatic heterocycles. The smallest absolute Gasteiger partial charge is 0.103 e. The Morgan fingerprint density at radius 3 is 1.46 bits per heavy atom. The monoisotopic (exact) mass is 344 g/mol. The van der Waals surface area contributed by atoms with Crippen molar-refractivity contribution in [3.05, 3.63) is 0 Å². The topological polar surface area (TPSA) is 49.7 Å². The van der Waals surface area contributed by atoms with E-state index in [9.17, 15) is 5.11 Å². The zero-order chi connectivity index (χ0) is 18.1. The van der Waals surface area contributed by atoms with E-state index in [4.69, 9.17) is 5.26 Å². The van der Waals surface area contributed by atoms with Crippen LogP contribution in [-0.2, 0) is 4.89 Å². The summed E-state index contributed by atoms with van der Waals surface area (Å²) in [6.45, 7) is 5.89. The number of hydrogen-bond donors (Lipinski definition) is 2. The first-order chi connectivity index (χ1) is 11.5. The second kappa shape index (κ2) is 16.4. The molecule has 0 aliphatic carbocycles. The van der Waals surface area contributed by atoms with Crippen LogP contribution in [0.3, 0.4) is 0 Å². The van der Waals surface area contributed by atoms with Crippen LogP contribution in [-0.4, -0.2) is 22.1 Å². The number of aliphatic hydroxyl groups is 1. The number of unbranched alkanes of at least 4 members (excludes halogenated alkanes) is 13. The van der Waals surface area contributed by atoms with Gasteiger partial charge in [0.1, 0.15) is 5.60 Å². The van der Waals surface area contributed by atoms with Gasteiger partial charge in [-0.25, -0.2) is 4.89 Å². The van der Waals surface area contributed by atoms with Crippen LogP contribution in [0.5, 0.6) is 0 Å². The van der Waals surface area contributed by atoms with Gasteiger partial charge in [-0.05, 0) is 20.3 Å². The van der Waals surface area contributed by atoms with Crippen molar-refractivity contribution in [3.8, 4) is 0 Å². The van der Waals surface area contributed by atoms with Crippen molar-refractivity contribution >= 4 is 0 Å². The normalized spacial score (nSPS) is 15.4. The lowest BCUT2D eigenvalue weighted by atomic mass is 9.92. The molecule has 0 aliphatic heterocycles. The molecule has 0 aromatic rings. The first-order valence-corrected chi connectivity index (χ1v) is 10.5. The third-order valence-corrected chi connectivity index (χ3v) is 5.01. The Kier molecular flexibility index (Phi) is 16.3. The van der Waals surface area contributed by atoms with Crippen LogP contribution in [0, 0.1) is 0 Å². The summed E-state index contributed by atoms with van der Waals surface area (Å²) in [6, 6.07) is 0. The van der Waals surface area contributed by atoms with Crippen LogP contribution in [0.4, 0.5) is 0 Å². The summed E-state index contributed by atoms with van der Waals surface area (Å²) in [5.74, 6) is 0. The maximum Gasteiger partial charge on any atom is 0.103 e. The summed E-state index contributed by atoms with van der Waals surface area (Å²) in [5.41, 5.74) is -0.592. The first kappa shape index (κ1) is 23.9. The molecule has 0 spiro atoms. The van der Waals surface area contributed by atoms with E-state index in [0.29, 0.717) is 6.42 Å². The Morgan fingerprint density at radius 2 is 1.12 bits per heavy atom. The number of hydrogen-bond acceptors (Lipinski definition) is 3. The highest BCUT2D eigenvalue weighted by Gasteiger charge is 2.26. The van der Waals surface area contributed by atoms with E-state index in [0.717, 1.165) is 12.8 Å². The zero-order valence-electron chi connectivity index (χ0n) is 16.7. The number of aliphatic hydroxyl groups excluding tert-OH is 1. The van der Waals surface area contributed by atoms with Gasteiger partial charge in [-0.1, -0.05) is 96.8 Å². The Balaban J connectivity index is 3.30. The molecule has 3 nitrogen and oxygen atoms in total. The summed E-state index contributed by atoms with van der Waals surface area (Å²) in [5, 5.41) is 18.5. The highest BCUT2D eigenvalue weighted by atomic mass is 17.1. The molecule has 0 saturated heterocycles. The summed E-state index contributed by atoms with van der Waals surface area (Å²) in [4.78, 5) is 4.60. The lowest BCUT2D eigenvalue weighted by Crippen LogP contribution is -2.31. The van der Waals surface area contributed by atoms with Crippen LogP contribution < -0.4 is 0 Å². The van der Waals surface area contributed by atoms with Crippen molar-refractivity contribution in [3.63, 3.8) is 0 Å². The van der Waals surface area contributed by atoms with Crippen LogP contribution in [0.2, 0.25) is 0 Å². The van der Waals surface area contributed by atoms with Gasteiger partial charge in [-0.15, -0.1) is 0 Å². The molecule has 0 amide bonds. The van der Waals surface area contributed by atoms with E-state index in [1.54, 1.807) is 6.92 Å². The molecule has 0 radical (unpaired) electrons. The SMILES string of the molecule is CCCCCCCCCCCCCCCCC(C)(CC(C)O)OO. The molecule has 0 aliphatic rings. The van der Waals surface area contributed by atoms with Crippen LogP contribution in [0.25, 0.3) is 0 Å². The molecule has 2 atom stereocenters. The van der Waals surface area contributed by atoms with Crippen molar-refractivity contribution in [2.24, 2.45) is 0 Å². The summed E-state index contributed by atoms with van der Waals surface area (Å²) in [6.07, 6.45) is 19.7. The maximum absolute atomic E-state index is 9.44. The van der Waals surface area contributed by atoms with E-state index in [2.05, 4.69) is 11.8 Å². The minimum atomic E-state index is -0.592. The van der Waals surface area contributed by atoms with Gasteiger partial charge in [-0.2, -0.15) is 0 Å². The Morgan fingerprint density at radius 1 is 0.750 bits per heavy atom. The molecule has 0 aromatic carbocycles. The van der Waals surface area contributed by atoms with Gasteiger partial charge in [0.25, 0.3) is 0 Å². The second-order valence-electron chi connectivity index (χ2n) is 7.94. The fraction of sp³-hybridized carbons (Fsp3) is 1.00. The van der Waals surface area contributed by atoms with E-state index < -0.39 is 11.7 Å². The average Bonchev–Trinajstić information content (AvgIpc) is 2.54. The molecule has 0 heterocycles. The van der Waals surface area contributed by atoms with Gasteiger partial charge in [0.05, 0.1) is 6.10 Å². The Hall–Kier alpha value is -0.120. The van der Waals surface area contributed by atoms with Crippen molar-refractivity contribution in [1.82, 2.24) is 0 Å². The van der Waals surface area contributed by atoms with Crippen LogP contribution in [0.1, 0.15) is 124 Å². The summed E-state index contributed by atoms with van der Waals surface area (Å²) < 4.78 is 0. The van der Waals surface area contributed by atoms with Crippen molar-refractivity contribution in [2.75, 3.05) is 0 Å². The molecule has 0 rings (SSSR count). The molecule has 24 heavy (non-hydrogen) atoms. The van der Waals surface area contributed by atoms with Crippen molar-refractivity contribution in [1.29, 1.82) is 0 Å². The Labute approximate surface area is 151 Å². The third kappa shape index (κ3) is 15.4. The molecule has 146 valence electrons. The fourth-order valence-corrected chi connectivity index (χ4v) is 3.50. The average molecular weight is 345 g/mol. The summed E-state index contributed by atoms with van der Waals surface area (Å²) >= 11 is 0. The molecule has 0 saturated carbocycles. The molecule has 2 N–H and O–H groups in total. The highest BCUT2D eigenvalue weighted by Crippen LogP contribution is 2.24. The maximum atomic E-state index is 9.44. The van der Waals surface area contributed by atoms with E-state index in [1.807, 2.05) is 6.92 Å². The predicted molar refractivity (Wildman–Crippen MR) is 103 cm³/mol. The van der Waals surface area contributed by atoms with Gasteiger partial charge >= 0.3 is 0 Å². The molecule has 2 unspecified atom stereocenters. The van der Waals surface area contributed by atoms with E-state index in [-0.39, 0.29) is 0 Å². The molecular formula is C21H44O3. The molecule has 0 bridgehead atoms. The van der Waals surface area contributed by atoms with Crippen LogP contribution in [0.15, 0.2) is 0 Å². The van der Waals surface area contributed by atoms with Gasteiger partial charge in [-0.3, -0.25) is 5.26 Å².